The molecule has 1 aromatic heterocycles. The Balaban J connectivity index is 1.90. The lowest BCUT2D eigenvalue weighted by Crippen LogP contribution is -2.24. The van der Waals surface area contributed by atoms with Gasteiger partial charge in [0.05, 0.1) is 23.4 Å². The van der Waals surface area contributed by atoms with Gasteiger partial charge in [-0.05, 0) is 24.6 Å². The van der Waals surface area contributed by atoms with Gasteiger partial charge < -0.3 is 25.6 Å². The Labute approximate surface area is 201 Å². The van der Waals surface area contributed by atoms with Crippen LogP contribution in [0.1, 0.15) is 39.2 Å². The fraction of sp³-hybridized carbons (Fsp3) is 0.154. The number of ether oxygens (including phenoxy) is 2. The highest BCUT2D eigenvalue weighted by Crippen LogP contribution is 2.51. The predicted octanol–water partition coefficient (Wildman–Crippen LogP) is 4.84. The number of fused-ring (bicyclic) bond motifs is 1. The number of nitrogens with two attached hydrogens (primary N) is 1. The van der Waals surface area contributed by atoms with Gasteiger partial charge in [0.25, 0.3) is 0 Å². The number of aromatic hydroxyl groups is 1. The highest BCUT2D eigenvalue weighted by molar-refractivity contribution is 7.19. The van der Waals surface area contributed by atoms with Crippen molar-refractivity contribution in [1.29, 1.82) is 0 Å². The van der Waals surface area contributed by atoms with Crippen LogP contribution in [0.5, 0.6) is 11.5 Å². The van der Waals surface area contributed by atoms with Gasteiger partial charge in [-0.1, -0.05) is 49.1 Å². The standard InChI is InChI=1S/C26H24N2O5S/c1-4-12-33-26(31)19-14(2)28-25-21(20(19)16-10-11-17(29)18(13-16)32-3)22(27)24(34-25)23(30)15-8-6-5-7-9-15/h4-11,13,20,28-29H,1,12,27H2,2-3H3/t20-/m0/s1. The molecular formula is C26H24N2O5S. The molecule has 0 fully saturated rings. The van der Waals surface area contributed by atoms with Gasteiger partial charge in [0.1, 0.15) is 11.5 Å². The second-order valence-corrected chi connectivity index (χ2v) is 8.72. The van der Waals surface area contributed by atoms with Gasteiger partial charge in [-0.3, -0.25) is 4.79 Å². The van der Waals surface area contributed by atoms with Gasteiger partial charge >= 0.3 is 5.97 Å². The van der Waals surface area contributed by atoms with E-state index in [1.165, 1.54) is 30.6 Å². The maximum atomic E-state index is 13.2. The number of nitrogens with one attached hydrogen (secondary N) is 1. The summed E-state index contributed by atoms with van der Waals surface area (Å²) in [6.07, 6.45) is 1.49. The predicted molar refractivity (Wildman–Crippen MR) is 133 cm³/mol. The highest BCUT2D eigenvalue weighted by atomic mass is 32.1. The van der Waals surface area contributed by atoms with Crippen LogP contribution in [0, 0.1) is 0 Å². The first kappa shape index (κ1) is 23.1. The van der Waals surface area contributed by atoms with Gasteiger partial charge in [-0.25, -0.2) is 4.79 Å². The van der Waals surface area contributed by atoms with E-state index in [9.17, 15) is 14.7 Å². The average Bonchev–Trinajstić information content (AvgIpc) is 3.17. The first-order chi connectivity index (χ1) is 16.4. The third-order valence-corrected chi connectivity index (χ3v) is 6.73. The maximum Gasteiger partial charge on any atom is 0.337 e. The number of anilines is 2. The van der Waals surface area contributed by atoms with Crippen LogP contribution in [-0.4, -0.2) is 30.6 Å². The monoisotopic (exact) mass is 476 g/mol. The van der Waals surface area contributed by atoms with Crippen LogP contribution in [-0.2, 0) is 9.53 Å². The van der Waals surface area contributed by atoms with Crippen molar-refractivity contribution >= 4 is 33.8 Å². The Hall–Kier alpha value is -4.04. The third kappa shape index (κ3) is 4.04. The zero-order valence-corrected chi connectivity index (χ0v) is 19.6. The molecule has 2 heterocycles. The SMILES string of the molecule is C=CCOC(=O)C1=C(C)Nc2sc(C(=O)c3ccccc3)c(N)c2[C@H]1c1ccc(O)c(OC)c1. The fourth-order valence-corrected chi connectivity index (χ4v) is 5.19. The summed E-state index contributed by atoms with van der Waals surface area (Å²) in [5.74, 6) is -1.15. The molecule has 1 aliphatic rings. The largest absolute Gasteiger partial charge is 0.504 e. The number of phenols is 1. The third-order valence-electron chi connectivity index (χ3n) is 5.60. The summed E-state index contributed by atoms with van der Waals surface area (Å²) in [4.78, 5) is 26.7. The summed E-state index contributed by atoms with van der Waals surface area (Å²) in [7, 11) is 1.45. The lowest BCUT2D eigenvalue weighted by atomic mass is 9.81. The molecule has 2 aromatic carbocycles. The van der Waals surface area contributed by atoms with E-state index in [2.05, 4.69) is 11.9 Å². The number of rotatable bonds is 7. The summed E-state index contributed by atoms with van der Waals surface area (Å²) in [5, 5.41) is 14.0. The van der Waals surface area contributed by atoms with Crippen molar-refractivity contribution in [2.75, 3.05) is 24.8 Å². The number of methoxy groups -OCH3 is 1. The van der Waals surface area contributed by atoms with Crippen molar-refractivity contribution in [3.8, 4) is 11.5 Å². The minimum absolute atomic E-state index is 0.0323. The number of phenolic OH excluding ortho intramolecular Hbond substituents is 1. The van der Waals surface area contributed by atoms with Crippen molar-refractivity contribution in [2.24, 2.45) is 0 Å². The van der Waals surface area contributed by atoms with E-state index >= 15 is 0 Å². The number of carbonyl (C=O) groups excluding carboxylic acids is 2. The van der Waals surface area contributed by atoms with Gasteiger partial charge in [-0.15, -0.1) is 11.3 Å². The molecule has 34 heavy (non-hydrogen) atoms. The Kier molecular flexibility index (Phi) is 6.43. The Morgan fingerprint density at radius 3 is 2.65 bits per heavy atom. The Morgan fingerprint density at radius 2 is 1.97 bits per heavy atom. The van der Waals surface area contributed by atoms with E-state index in [0.29, 0.717) is 43.5 Å². The van der Waals surface area contributed by atoms with E-state index in [-0.39, 0.29) is 23.9 Å². The average molecular weight is 477 g/mol. The Morgan fingerprint density at radius 1 is 1.24 bits per heavy atom. The number of allylic oxidation sites excluding steroid dienone is 1. The molecule has 0 aliphatic carbocycles. The minimum atomic E-state index is -0.642. The smallest absolute Gasteiger partial charge is 0.337 e. The number of hydrogen-bond donors (Lipinski definition) is 3. The van der Waals surface area contributed by atoms with E-state index in [4.69, 9.17) is 15.2 Å². The van der Waals surface area contributed by atoms with Crippen LogP contribution in [0.2, 0.25) is 0 Å². The Bertz CT molecular complexity index is 1310. The molecule has 3 aromatic rings. The van der Waals surface area contributed by atoms with E-state index < -0.39 is 11.9 Å². The maximum absolute atomic E-state index is 13.2. The van der Waals surface area contributed by atoms with E-state index in [1.807, 2.05) is 6.07 Å². The zero-order chi connectivity index (χ0) is 24.4. The second-order valence-electron chi connectivity index (χ2n) is 7.70. The molecule has 0 unspecified atom stereocenters. The summed E-state index contributed by atoms with van der Waals surface area (Å²) in [6, 6.07) is 13.7. The van der Waals surface area contributed by atoms with Crippen molar-refractivity contribution in [3.05, 3.63) is 94.0 Å². The summed E-state index contributed by atoms with van der Waals surface area (Å²) < 4.78 is 10.7. The fourth-order valence-electron chi connectivity index (χ4n) is 4.01. The number of benzene rings is 2. The van der Waals surface area contributed by atoms with Crippen molar-refractivity contribution in [3.63, 3.8) is 0 Å². The van der Waals surface area contributed by atoms with Crippen LogP contribution in [0.4, 0.5) is 10.7 Å². The number of thiophene rings is 1. The molecular weight excluding hydrogens is 452 g/mol. The number of hydrogen-bond acceptors (Lipinski definition) is 8. The molecule has 174 valence electrons. The molecule has 8 heteroatoms. The van der Waals surface area contributed by atoms with Crippen LogP contribution < -0.4 is 15.8 Å². The molecule has 1 aliphatic heterocycles. The van der Waals surface area contributed by atoms with Gasteiger partial charge in [0.15, 0.2) is 11.5 Å². The molecule has 1 atom stereocenters. The molecule has 0 amide bonds. The highest BCUT2D eigenvalue weighted by Gasteiger charge is 2.38. The van der Waals surface area contributed by atoms with E-state index in [0.717, 1.165) is 0 Å². The number of nitrogen functional groups attached to an aromatic ring is 1. The quantitative estimate of drug-likeness (QED) is 0.254. The molecule has 0 spiro atoms. The molecule has 4 rings (SSSR count). The van der Waals surface area contributed by atoms with Gasteiger partial charge in [0.2, 0.25) is 5.78 Å². The van der Waals surface area contributed by atoms with Crippen molar-refractivity contribution in [1.82, 2.24) is 0 Å². The molecule has 0 saturated heterocycles. The molecule has 0 radical (unpaired) electrons. The summed E-state index contributed by atoms with van der Waals surface area (Å²) >= 11 is 1.24. The van der Waals surface area contributed by atoms with Crippen LogP contribution in [0.25, 0.3) is 0 Å². The van der Waals surface area contributed by atoms with Crippen molar-refractivity contribution < 1.29 is 24.2 Å². The van der Waals surface area contributed by atoms with Crippen LogP contribution >= 0.6 is 11.3 Å². The van der Waals surface area contributed by atoms with Crippen LogP contribution in [0.15, 0.2) is 72.5 Å². The molecule has 0 saturated carbocycles. The summed E-state index contributed by atoms with van der Waals surface area (Å²) in [6.45, 7) is 5.42. The topological polar surface area (TPSA) is 111 Å². The lowest BCUT2D eigenvalue weighted by Gasteiger charge is -2.28. The number of ketones is 1. The first-order valence-electron chi connectivity index (χ1n) is 10.5. The second kappa shape index (κ2) is 9.44. The summed E-state index contributed by atoms with van der Waals surface area (Å²) in [5.41, 5.74) is 9.58. The number of esters is 1. The van der Waals surface area contributed by atoms with Gasteiger partial charge in [0, 0.05) is 22.7 Å². The lowest BCUT2D eigenvalue weighted by molar-refractivity contribution is -0.138. The van der Waals surface area contributed by atoms with Gasteiger partial charge in [-0.2, -0.15) is 0 Å². The van der Waals surface area contributed by atoms with E-state index in [1.54, 1.807) is 43.3 Å². The molecule has 0 bridgehead atoms. The first-order valence-corrected chi connectivity index (χ1v) is 11.3. The normalized spacial score (nSPS) is 14.7. The van der Waals surface area contributed by atoms with Crippen LogP contribution in [0.3, 0.4) is 0 Å². The van der Waals surface area contributed by atoms with Crippen molar-refractivity contribution in [2.45, 2.75) is 12.8 Å². The minimum Gasteiger partial charge on any atom is -0.504 e. The molecule has 7 nitrogen and oxygen atoms in total. The number of carbonyl (C=O) groups is 2. The molecule has 4 N–H and O–H groups in total. The zero-order valence-electron chi connectivity index (χ0n) is 18.8.